The van der Waals surface area contributed by atoms with Crippen LogP contribution in [0.2, 0.25) is 0 Å². The number of thiazole rings is 1. The van der Waals surface area contributed by atoms with Gasteiger partial charge >= 0.3 is 0 Å². The SMILES string of the molecule is COc1ccc(S(=O)(=O)N2CCN(Cc3scnc3C)CC2)cc1. The summed E-state index contributed by atoms with van der Waals surface area (Å²) in [5.41, 5.74) is 2.92. The molecule has 0 atom stereocenters. The standard InChI is InChI=1S/C16H21N3O3S2/c1-13-16(23-12-17-13)11-18-7-9-19(10-8-18)24(20,21)15-5-3-14(22-2)4-6-15/h3-6,12H,7-11H2,1-2H3. The molecule has 0 unspecified atom stereocenters. The molecule has 1 aliphatic heterocycles. The van der Waals surface area contributed by atoms with Gasteiger partial charge < -0.3 is 4.74 Å². The fourth-order valence-corrected chi connectivity index (χ4v) is 4.95. The van der Waals surface area contributed by atoms with Gasteiger partial charge in [-0.2, -0.15) is 4.31 Å². The summed E-state index contributed by atoms with van der Waals surface area (Å²) in [5.74, 6) is 0.652. The van der Waals surface area contributed by atoms with Gasteiger partial charge in [0.15, 0.2) is 0 Å². The molecule has 1 saturated heterocycles. The summed E-state index contributed by atoms with van der Waals surface area (Å²) in [6, 6.07) is 6.55. The first-order valence-electron chi connectivity index (χ1n) is 7.76. The maximum atomic E-state index is 12.7. The molecule has 1 aromatic carbocycles. The third-order valence-electron chi connectivity index (χ3n) is 4.24. The minimum Gasteiger partial charge on any atom is -0.497 e. The molecular weight excluding hydrogens is 346 g/mol. The molecule has 1 aromatic heterocycles. The number of sulfonamides is 1. The quantitative estimate of drug-likeness (QED) is 0.808. The number of nitrogens with zero attached hydrogens (tertiary/aromatic N) is 3. The molecule has 2 heterocycles. The Labute approximate surface area is 146 Å². The van der Waals surface area contributed by atoms with E-state index in [0.717, 1.165) is 25.3 Å². The van der Waals surface area contributed by atoms with Gasteiger partial charge in [0.2, 0.25) is 10.0 Å². The molecule has 2 aromatic rings. The minimum absolute atomic E-state index is 0.315. The maximum absolute atomic E-state index is 12.7. The van der Waals surface area contributed by atoms with Crippen LogP contribution in [0.25, 0.3) is 0 Å². The van der Waals surface area contributed by atoms with Gasteiger partial charge in [-0.3, -0.25) is 4.90 Å². The van der Waals surface area contributed by atoms with Crippen LogP contribution in [-0.2, 0) is 16.6 Å². The van der Waals surface area contributed by atoms with Crippen LogP contribution in [0.15, 0.2) is 34.7 Å². The average Bonchev–Trinajstić information content (AvgIpc) is 3.00. The lowest BCUT2D eigenvalue weighted by atomic mass is 10.3. The molecule has 8 heteroatoms. The molecule has 130 valence electrons. The fraction of sp³-hybridized carbons (Fsp3) is 0.438. The van der Waals surface area contributed by atoms with Gasteiger partial charge in [0.05, 0.1) is 23.2 Å². The van der Waals surface area contributed by atoms with E-state index in [9.17, 15) is 8.42 Å². The summed E-state index contributed by atoms with van der Waals surface area (Å²) in [6.45, 7) is 5.32. The van der Waals surface area contributed by atoms with Crippen LogP contribution in [0.4, 0.5) is 0 Å². The van der Waals surface area contributed by atoms with Crippen molar-refractivity contribution in [3.05, 3.63) is 40.3 Å². The largest absolute Gasteiger partial charge is 0.497 e. The van der Waals surface area contributed by atoms with Crippen molar-refractivity contribution in [2.75, 3.05) is 33.3 Å². The van der Waals surface area contributed by atoms with Gasteiger partial charge in [-0.25, -0.2) is 13.4 Å². The Morgan fingerprint density at radius 1 is 1.17 bits per heavy atom. The lowest BCUT2D eigenvalue weighted by Crippen LogP contribution is -2.48. The normalized spacial score (nSPS) is 17.1. The second kappa shape index (κ2) is 7.18. The van der Waals surface area contributed by atoms with Crippen molar-refractivity contribution < 1.29 is 13.2 Å². The zero-order valence-electron chi connectivity index (χ0n) is 13.8. The summed E-state index contributed by atoms with van der Waals surface area (Å²) >= 11 is 1.65. The van der Waals surface area contributed by atoms with E-state index in [1.165, 1.54) is 4.88 Å². The van der Waals surface area contributed by atoms with Crippen molar-refractivity contribution in [1.29, 1.82) is 0 Å². The van der Waals surface area contributed by atoms with E-state index in [2.05, 4.69) is 9.88 Å². The first-order valence-corrected chi connectivity index (χ1v) is 10.1. The van der Waals surface area contributed by atoms with Crippen LogP contribution in [0.1, 0.15) is 10.6 Å². The first-order chi connectivity index (χ1) is 11.5. The lowest BCUT2D eigenvalue weighted by molar-refractivity contribution is 0.182. The maximum Gasteiger partial charge on any atom is 0.243 e. The van der Waals surface area contributed by atoms with E-state index in [-0.39, 0.29) is 0 Å². The predicted molar refractivity (Wildman–Crippen MR) is 93.9 cm³/mol. The first kappa shape index (κ1) is 17.3. The van der Waals surface area contributed by atoms with Crippen LogP contribution < -0.4 is 4.74 Å². The van der Waals surface area contributed by atoms with E-state index in [1.807, 2.05) is 12.4 Å². The molecule has 24 heavy (non-hydrogen) atoms. The van der Waals surface area contributed by atoms with Gasteiger partial charge in [-0.1, -0.05) is 0 Å². The second-order valence-electron chi connectivity index (χ2n) is 5.72. The average molecular weight is 367 g/mol. The summed E-state index contributed by atoms with van der Waals surface area (Å²) < 4.78 is 32.1. The summed E-state index contributed by atoms with van der Waals surface area (Å²) in [5, 5.41) is 0. The van der Waals surface area contributed by atoms with Gasteiger partial charge in [-0.15, -0.1) is 11.3 Å². The van der Waals surface area contributed by atoms with Crippen LogP contribution in [0.3, 0.4) is 0 Å². The highest BCUT2D eigenvalue weighted by atomic mass is 32.2. The van der Waals surface area contributed by atoms with Crippen LogP contribution in [-0.4, -0.2) is 55.9 Å². The Hall–Kier alpha value is -1.48. The van der Waals surface area contributed by atoms with Crippen molar-refractivity contribution in [3.8, 4) is 5.75 Å². The Bertz CT molecular complexity index is 779. The topological polar surface area (TPSA) is 62.7 Å². The Morgan fingerprint density at radius 3 is 2.38 bits per heavy atom. The Morgan fingerprint density at radius 2 is 1.83 bits per heavy atom. The second-order valence-corrected chi connectivity index (χ2v) is 8.59. The number of rotatable bonds is 5. The van der Waals surface area contributed by atoms with Crippen molar-refractivity contribution in [1.82, 2.24) is 14.2 Å². The predicted octanol–water partition coefficient (Wildman–Crippen LogP) is 1.97. The highest BCUT2D eigenvalue weighted by molar-refractivity contribution is 7.89. The molecule has 6 nitrogen and oxygen atoms in total. The Balaban J connectivity index is 1.63. The monoisotopic (exact) mass is 367 g/mol. The lowest BCUT2D eigenvalue weighted by Gasteiger charge is -2.33. The van der Waals surface area contributed by atoms with Crippen molar-refractivity contribution >= 4 is 21.4 Å². The number of benzene rings is 1. The third kappa shape index (κ3) is 3.61. The number of aryl methyl sites for hydroxylation is 1. The van der Waals surface area contributed by atoms with E-state index in [0.29, 0.717) is 23.7 Å². The molecule has 1 fully saturated rings. The van der Waals surface area contributed by atoms with E-state index >= 15 is 0 Å². The zero-order chi connectivity index (χ0) is 17.2. The number of ether oxygens (including phenoxy) is 1. The molecule has 0 radical (unpaired) electrons. The molecule has 0 saturated carbocycles. The van der Waals surface area contributed by atoms with Crippen molar-refractivity contribution in [2.45, 2.75) is 18.4 Å². The van der Waals surface area contributed by atoms with Gasteiger partial charge in [0, 0.05) is 37.6 Å². The van der Waals surface area contributed by atoms with Crippen LogP contribution in [0.5, 0.6) is 5.75 Å². The Kier molecular flexibility index (Phi) is 5.19. The smallest absolute Gasteiger partial charge is 0.243 e. The molecule has 0 spiro atoms. The van der Waals surface area contributed by atoms with Crippen LogP contribution >= 0.6 is 11.3 Å². The van der Waals surface area contributed by atoms with Crippen LogP contribution in [0, 0.1) is 6.92 Å². The molecule has 3 rings (SSSR count). The number of hydrogen-bond donors (Lipinski definition) is 0. The number of methoxy groups -OCH3 is 1. The zero-order valence-corrected chi connectivity index (χ0v) is 15.4. The number of aromatic nitrogens is 1. The molecular formula is C16H21N3O3S2. The molecule has 0 amide bonds. The molecule has 0 N–H and O–H groups in total. The highest BCUT2D eigenvalue weighted by Gasteiger charge is 2.28. The van der Waals surface area contributed by atoms with E-state index in [1.54, 1.807) is 47.0 Å². The highest BCUT2D eigenvalue weighted by Crippen LogP contribution is 2.22. The fourth-order valence-electron chi connectivity index (χ4n) is 2.71. The van der Waals surface area contributed by atoms with E-state index < -0.39 is 10.0 Å². The summed E-state index contributed by atoms with van der Waals surface area (Å²) in [7, 11) is -1.88. The van der Waals surface area contributed by atoms with Crippen molar-refractivity contribution in [2.24, 2.45) is 0 Å². The third-order valence-corrected chi connectivity index (χ3v) is 7.07. The number of hydrogen-bond acceptors (Lipinski definition) is 6. The molecule has 1 aliphatic rings. The summed E-state index contributed by atoms with van der Waals surface area (Å²) in [6.07, 6.45) is 0. The molecule has 0 bridgehead atoms. The minimum atomic E-state index is -3.44. The molecule has 0 aliphatic carbocycles. The van der Waals surface area contributed by atoms with Gasteiger partial charge in [-0.05, 0) is 31.2 Å². The van der Waals surface area contributed by atoms with Crippen molar-refractivity contribution in [3.63, 3.8) is 0 Å². The number of piperazine rings is 1. The summed E-state index contributed by atoms with van der Waals surface area (Å²) in [4.78, 5) is 8.11. The van der Waals surface area contributed by atoms with Gasteiger partial charge in [0.1, 0.15) is 5.75 Å². The van der Waals surface area contributed by atoms with E-state index in [4.69, 9.17) is 4.74 Å². The van der Waals surface area contributed by atoms with Gasteiger partial charge in [0.25, 0.3) is 0 Å².